The minimum atomic E-state index is -0.00698. The highest BCUT2D eigenvalue weighted by Crippen LogP contribution is 2.29. The summed E-state index contributed by atoms with van der Waals surface area (Å²) in [5.41, 5.74) is 4.84. The van der Waals surface area contributed by atoms with Gasteiger partial charge in [-0.1, -0.05) is 32.3 Å². The monoisotopic (exact) mass is 380 g/mol. The van der Waals surface area contributed by atoms with Gasteiger partial charge in [0.25, 0.3) is 5.91 Å². The van der Waals surface area contributed by atoms with Crippen LogP contribution in [-0.4, -0.2) is 16.9 Å². The molecule has 0 aliphatic heterocycles. The van der Waals surface area contributed by atoms with E-state index in [1.807, 2.05) is 17.5 Å². The Morgan fingerprint density at radius 1 is 1.19 bits per heavy atom. The van der Waals surface area contributed by atoms with E-state index in [2.05, 4.69) is 51.2 Å². The number of amides is 1. The summed E-state index contributed by atoms with van der Waals surface area (Å²) in [6, 6.07) is 10.4. The zero-order valence-corrected chi connectivity index (χ0v) is 17.5. The number of fused-ring (bicyclic) bond motifs is 1. The Balaban J connectivity index is 1.99. The predicted molar refractivity (Wildman–Crippen MR) is 116 cm³/mol. The molecule has 2 aromatic heterocycles. The fourth-order valence-electron chi connectivity index (χ4n) is 3.30. The van der Waals surface area contributed by atoms with Crippen molar-refractivity contribution in [2.24, 2.45) is 0 Å². The highest BCUT2D eigenvalue weighted by molar-refractivity contribution is 7.13. The number of hydrogen-bond donors (Lipinski definition) is 1. The predicted octanol–water partition coefficient (Wildman–Crippen LogP) is 6.28. The number of thiophene rings is 1. The largest absolute Gasteiger partial charge is 0.350 e. The van der Waals surface area contributed by atoms with Gasteiger partial charge < -0.3 is 5.32 Å². The minimum Gasteiger partial charge on any atom is -0.350 e. The average molecular weight is 381 g/mol. The van der Waals surface area contributed by atoms with Crippen molar-refractivity contribution < 1.29 is 4.79 Å². The van der Waals surface area contributed by atoms with E-state index in [1.54, 1.807) is 11.3 Å². The molecule has 1 unspecified atom stereocenters. The fraction of sp³-hybridized carbons (Fsp3) is 0.391. The van der Waals surface area contributed by atoms with Crippen molar-refractivity contribution in [1.82, 2.24) is 10.3 Å². The maximum absolute atomic E-state index is 13.1. The number of nitrogens with zero attached hydrogens (tertiary/aromatic N) is 1. The van der Waals surface area contributed by atoms with Crippen molar-refractivity contribution in [3.8, 4) is 10.6 Å². The number of carbonyl (C=O) groups excluding carboxylic acids is 1. The SMILES string of the molecule is CCCCCC(C)NC(=O)c1cc(-c2cccs2)nc2cc(C)c(C)cc12. The summed E-state index contributed by atoms with van der Waals surface area (Å²) in [7, 11) is 0. The smallest absolute Gasteiger partial charge is 0.252 e. The molecule has 0 saturated heterocycles. The summed E-state index contributed by atoms with van der Waals surface area (Å²) < 4.78 is 0. The van der Waals surface area contributed by atoms with Crippen LogP contribution in [0.1, 0.15) is 61.0 Å². The lowest BCUT2D eigenvalue weighted by atomic mass is 10.0. The van der Waals surface area contributed by atoms with Crippen molar-refractivity contribution in [3.05, 3.63) is 52.4 Å². The lowest BCUT2D eigenvalue weighted by Gasteiger charge is -2.16. The number of carbonyl (C=O) groups is 1. The molecule has 1 N–H and O–H groups in total. The Morgan fingerprint density at radius 3 is 2.67 bits per heavy atom. The van der Waals surface area contributed by atoms with Crippen molar-refractivity contribution >= 4 is 28.1 Å². The zero-order valence-electron chi connectivity index (χ0n) is 16.6. The van der Waals surface area contributed by atoms with E-state index in [0.29, 0.717) is 5.56 Å². The van der Waals surface area contributed by atoms with Gasteiger partial charge in [-0.3, -0.25) is 4.79 Å². The van der Waals surface area contributed by atoms with E-state index >= 15 is 0 Å². The molecular formula is C23H28N2OS. The summed E-state index contributed by atoms with van der Waals surface area (Å²) in [6.07, 6.45) is 4.56. The molecular weight excluding hydrogens is 352 g/mol. The number of aryl methyl sites for hydroxylation is 2. The molecule has 1 atom stereocenters. The van der Waals surface area contributed by atoms with Crippen LogP contribution in [0.15, 0.2) is 35.7 Å². The van der Waals surface area contributed by atoms with Gasteiger partial charge in [-0.05, 0) is 68.0 Å². The van der Waals surface area contributed by atoms with Crippen LogP contribution in [0.5, 0.6) is 0 Å². The number of nitrogens with one attached hydrogen (secondary N) is 1. The third kappa shape index (κ3) is 4.56. The van der Waals surface area contributed by atoms with Crippen LogP contribution in [0.2, 0.25) is 0 Å². The second-order valence-electron chi connectivity index (χ2n) is 7.36. The maximum Gasteiger partial charge on any atom is 0.252 e. The second-order valence-corrected chi connectivity index (χ2v) is 8.30. The molecule has 3 nitrogen and oxygen atoms in total. The van der Waals surface area contributed by atoms with Gasteiger partial charge in [-0.2, -0.15) is 0 Å². The van der Waals surface area contributed by atoms with Gasteiger partial charge in [0.2, 0.25) is 0 Å². The van der Waals surface area contributed by atoms with Gasteiger partial charge in [0.05, 0.1) is 21.7 Å². The molecule has 0 aliphatic rings. The van der Waals surface area contributed by atoms with Crippen molar-refractivity contribution in [2.45, 2.75) is 59.4 Å². The average Bonchev–Trinajstić information content (AvgIpc) is 3.17. The van der Waals surface area contributed by atoms with Crippen molar-refractivity contribution in [1.29, 1.82) is 0 Å². The van der Waals surface area contributed by atoms with Crippen LogP contribution < -0.4 is 5.32 Å². The van der Waals surface area contributed by atoms with Gasteiger partial charge >= 0.3 is 0 Å². The number of pyridine rings is 1. The first kappa shape index (κ1) is 19.6. The minimum absolute atomic E-state index is 0.00698. The molecule has 0 radical (unpaired) electrons. The Hall–Kier alpha value is -2.20. The molecule has 4 heteroatoms. The highest BCUT2D eigenvalue weighted by atomic mass is 32.1. The molecule has 2 heterocycles. The Morgan fingerprint density at radius 2 is 1.96 bits per heavy atom. The Labute approximate surface area is 165 Å². The van der Waals surface area contributed by atoms with Gasteiger partial charge in [0.1, 0.15) is 0 Å². The molecule has 0 bridgehead atoms. The third-order valence-electron chi connectivity index (χ3n) is 5.06. The molecule has 3 aromatic rings. The Bertz CT molecular complexity index is 931. The van der Waals surface area contributed by atoms with E-state index in [1.165, 1.54) is 24.0 Å². The summed E-state index contributed by atoms with van der Waals surface area (Å²) in [6.45, 7) is 8.45. The van der Waals surface area contributed by atoms with Gasteiger partial charge in [0.15, 0.2) is 0 Å². The van der Waals surface area contributed by atoms with Crippen LogP contribution in [0.25, 0.3) is 21.5 Å². The molecule has 1 aromatic carbocycles. The maximum atomic E-state index is 13.1. The summed E-state index contributed by atoms with van der Waals surface area (Å²) in [4.78, 5) is 19.0. The van der Waals surface area contributed by atoms with E-state index in [-0.39, 0.29) is 11.9 Å². The van der Waals surface area contributed by atoms with Gasteiger partial charge in [-0.15, -0.1) is 11.3 Å². The Kier molecular flexibility index (Phi) is 6.27. The third-order valence-corrected chi connectivity index (χ3v) is 5.95. The van der Waals surface area contributed by atoms with Crippen LogP contribution in [0.4, 0.5) is 0 Å². The van der Waals surface area contributed by atoms with E-state index in [9.17, 15) is 4.79 Å². The molecule has 142 valence electrons. The zero-order chi connectivity index (χ0) is 19.4. The van der Waals surface area contributed by atoms with E-state index < -0.39 is 0 Å². The molecule has 1 amide bonds. The first-order valence-corrected chi connectivity index (χ1v) is 10.6. The first-order valence-electron chi connectivity index (χ1n) is 9.76. The highest BCUT2D eigenvalue weighted by Gasteiger charge is 2.17. The fourth-order valence-corrected chi connectivity index (χ4v) is 3.98. The number of hydrogen-bond acceptors (Lipinski definition) is 3. The normalized spacial score (nSPS) is 12.3. The lowest BCUT2D eigenvalue weighted by molar-refractivity contribution is 0.0939. The number of aromatic nitrogens is 1. The topological polar surface area (TPSA) is 42.0 Å². The summed E-state index contributed by atoms with van der Waals surface area (Å²) >= 11 is 1.65. The molecule has 3 rings (SSSR count). The van der Waals surface area contributed by atoms with Gasteiger partial charge in [0, 0.05) is 11.4 Å². The molecule has 27 heavy (non-hydrogen) atoms. The number of unbranched alkanes of at least 4 members (excludes halogenated alkanes) is 2. The molecule has 0 spiro atoms. The van der Waals surface area contributed by atoms with E-state index in [0.717, 1.165) is 34.3 Å². The van der Waals surface area contributed by atoms with Crippen LogP contribution in [0.3, 0.4) is 0 Å². The second kappa shape index (κ2) is 8.66. The first-order chi connectivity index (χ1) is 13.0. The van der Waals surface area contributed by atoms with Crippen molar-refractivity contribution in [3.63, 3.8) is 0 Å². The molecule has 0 aliphatic carbocycles. The molecule has 0 fully saturated rings. The number of benzene rings is 1. The van der Waals surface area contributed by atoms with Crippen molar-refractivity contribution in [2.75, 3.05) is 0 Å². The van der Waals surface area contributed by atoms with Crippen LogP contribution in [-0.2, 0) is 0 Å². The number of rotatable bonds is 7. The standard InChI is InChI=1S/C23H28N2OS/c1-5-6-7-9-17(4)24-23(26)19-14-21(22-10-8-11-27-22)25-20-13-16(3)15(2)12-18(19)20/h8,10-14,17H,5-7,9H2,1-4H3,(H,24,26). The van der Waals surface area contributed by atoms with Gasteiger partial charge in [-0.25, -0.2) is 4.98 Å². The van der Waals surface area contributed by atoms with E-state index in [4.69, 9.17) is 4.98 Å². The summed E-state index contributed by atoms with van der Waals surface area (Å²) in [5.74, 6) is -0.00698. The quantitative estimate of drug-likeness (QED) is 0.490. The van der Waals surface area contributed by atoms with Crippen LogP contribution >= 0.6 is 11.3 Å². The lowest BCUT2D eigenvalue weighted by Crippen LogP contribution is -2.32. The summed E-state index contributed by atoms with van der Waals surface area (Å²) in [5, 5.41) is 6.16. The molecule has 0 saturated carbocycles. The van der Waals surface area contributed by atoms with Crippen LogP contribution in [0, 0.1) is 13.8 Å².